The molecular formula is C21H25F2N3O3. The first-order valence-corrected chi connectivity index (χ1v) is 10.0. The Morgan fingerprint density at radius 1 is 1.21 bits per heavy atom. The number of fused-ring (bicyclic) bond motifs is 1. The molecule has 6 nitrogen and oxygen atoms in total. The predicted molar refractivity (Wildman–Crippen MR) is 107 cm³/mol. The summed E-state index contributed by atoms with van der Waals surface area (Å²) in [6.07, 6.45) is 2.74. The maximum Gasteiger partial charge on any atom is 0.341 e. The second-order valence-corrected chi connectivity index (χ2v) is 8.17. The van der Waals surface area contributed by atoms with Crippen LogP contribution < -0.4 is 10.3 Å². The summed E-state index contributed by atoms with van der Waals surface area (Å²) in [6, 6.07) is 1.18. The van der Waals surface area contributed by atoms with Gasteiger partial charge in [0, 0.05) is 37.4 Å². The average Bonchev–Trinajstić information content (AvgIpc) is 3.47. The number of piperazine rings is 1. The number of aromatic nitrogens is 1. The Morgan fingerprint density at radius 2 is 1.83 bits per heavy atom. The van der Waals surface area contributed by atoms with Crippen molar-refractivity contribution < 1.29 is 18.7 Å². The normalized spacial score (nSPS) is 23.0. The highest BCUT2D eigenvalue weighted by Crippen LogP contribution is 2.40. The Balaban J connectivity index is 1.91. The highest BCUT2D eigenvalue weighted by Gasteiger charge is 2.34. The SMILES string of the molecule is CCN1C(C)CN(c2c(F)cc3c(=O)c(C(=O)O)cn(C4CC4)c3c2F)CC1C. The third kappa shape index (κ3) is 3.19. The highest BCUT2D eigenvalue weighted by atomic mass is 19.1. The van der Waals surface area contributed by atoms with Crippen LogP contribution in [0.4, 0.5) is 14.5 Å². The average molecular weight is 405 g/mol. The number of halogens is 2. The van der Waals surface area contributed by atoms with Gasteiger partial charge in [0.25, 0.3) is 0 Å². The number of anilines is 1. The Bertz CT molecular complexity index is 1040. The van der Waals surface area contributed by atoms with Crippen LogP contribution in [0.1, 0.15) is 50.0 Å². The maximum atomic E-state index is 15.7. The fraction of sp³-hybridized carbons (Fsp3) is 0.524. The van der Waals surface area contributed by atoms with Crippen LogP contribution in [0, 0.1) is 11.6 Å². The van der Waals surface area contributed by atoms with Crippen LogP contribution in [0.15, 0.2) is 17.1 Å². The van der Waals surface area contributed by atoms with Crippen molar-refractivity contribution >= 4 is 22.6 Å². The molecule has 4 rings (SSSR count). The monoisotopic (exact) mass is 405 g/mol. The van der Waals surface area contributed by atoms with Crippen LogP contribution in [0.2, 0.25) is 0 Å². The number of carboxylic acids is 1. The number of hydrogen-bond acceptors (Lipinski definition) is 4. The Morgan fingerprint density at radius 3 is 2.34 bits per heavy atom. The van der Waals surface area contributed by atoms with E-state index in [-0.39, 0.29) is 34.7 Å². The molecule has 0 spiro atoms. The van der Waals surface area contributed by atoms with Crippen molar-refractivity contribution in [1.29, 1.82) is 0 Å². The number of aromatic carboxylic acids is 1. The lowest BCUT2D eigenvalue weighted by molar-refractivity contribution is 0.0694. The van der Waals surface area contributed by atoms with E-state index in [4.69, 9.17) is 0 Å². The molecule has 8 heteroatoms. The van der Waals surface area contributed by atoms with Gasteiger partial charge < -0.3 is 14.6 Å². The molecule has 2 heterocycles. The smallest absolute Gasteiger partial charge is 0.341 e. The minimum Gasteiger partial charge on any atom is -0.477 e. The molecular weight excluding hydrogens is 380 g/mol. The standard InChI is InChI=1S/C21H25F2N3O3/c1-4-25-11(2)8-24(9-12(25)3)19-16(22)7-14-18(17(19)23)26(13-5-6-13)10-15(20(14)27)21(28)29/h7,10-13H,4-6,8-9H2,1-3H3,(H,28,29). The second-order valence-electron chi connectivity index (χ2n) is 8.17. The molecule has 1 saturated carbocycles. The Hall–Kier alpha value is -2.48. The number of carboxylic acid groups (broad SMARTS) is 1. The quantitative estimate of drug-likeness (QED) is 0.846. The van der Waals surface area contributed by atoms with E-state index in [0.717, 1.165) is 25.5 Å². The van der Waals surface area contributed by atoms with Gasteiger partial charge in [-0.05, 0) is 39.3 Å². The summed E-state index contributed by atoms with van der Waals surface area (Å²) in [5.41, 5.74) is -1.46. The fourth-order valence-corrected chi connectivity index (χ4v) is 4.68. The largest absolute Gasteiger partial charge is 0.477 e. The van der Waals surface area contributed by atoms with Gasteiger partial charge in [-0.2, -0.15) is 0 Å². The first-order chi connectivity index (χ1) is 13.7. The molecule has 29 heavy (non-hydrogen) atoms. The molecule has 2 atom stereocenters. The van der Waals surface area contributed by atoms with Crippen LogP contribution in [-0.2, 0) is 0 Å². The number of rotatable bonds is 4. The van der Waals surface area contributed by atoms with Gasteiger partial charge in [0.2, 0.25) is 5.43 Å². The topological polar surface area (TPSA) is 65.8 Å². The molecule has 1 aliphatic heterocycles. The van der Waals surface area contributed by atoms with E-state index in [1.54, 1.807) is 4.90 Å². The minimum atomic E-state index is -1.39. The molecule has 1 aliphatic carbocycles. The number of benzene rings is 1. The van der Waals surface area contributed by atoms with Gasteiger partial charge in [0.1, 0.15) is 17.1 Å². The first kappa shape index (κ1) is 19.8. The molecule has 2 aliphatic rings. The Kier molecular flexibility index (Phi) is 4.85. The van der Waals surface area contributed by atoms with Crippen LogP contribution in [0.5, 0.6) is 0 Å². The van der Waals surface area contributed by atoms with Crippen molar-refractivity contribution in [2.24, 2.45) is 0 Å². The third-order valence-electron chi connectivity index (χ3n) is 6.14. The van der Waals surface area contributed by atoms with Crippen molar-refractivity contribution in [3.05, 3.63) is 39.7 Å². The summed E-state index contributed by atoms with van der Waals surface area (Å²) < 4.78 is 32.3. The van der Waals surface area contributed by atoms with Crippen LogP contribution >= 0.6 is 0 Å². The van der Waals surface area contributed by atoms with Gasteiger partial charge >= 0.3 is 5.97 Å². The molecule has 1 saturated heterocycles. The number of carbonyl (C=O) groups is 1. The minimum absolute atomic E-state index is 0.00266. The van der Waals surface area contributed by atoms with Crippen LogP contribution in [-0.4, -0.2) is 52.3 Å². The van der Waals surface area contributed by atoms with E-state index in [1.807, 2.05) is 13.8 Å². The van der Waals surface area contributed by atoms with Crippen LogP contribution in [0.3, 0.4) is 0 Å². The molecule has 2 aromatic rings. The second kappa shape index (κ2) is 7.09. The van der Waals surface area contributed by atoms with Crippen molar-refractivity contribution in [2.45, 2.75) is 51.7 Å². The zero-order valence-electron chi connectivity index (χ0n) is 16.8. The van der Waals surface area contributed by atoms with Gasteiger partial charge in [-0.1, -0.05) is 6.92 Å². The predicted octanol–water partition coefficient (Wildman–Crippen LogP) is 3.23. The van der Waals surface area contributed by atoms with Crippen molar-refractivity contribution in [3.63, 3.8) is 0 Å². The van der Waals surface area contributed by atoms with E-state index in [2.05, 4.69) is 11.8 Å². The molecule has 0 amide bonds. The maximum absolute atomic E-state index is 15.7. The van der Waals surface area contributed by atoms with E-state index < -0.39 is 28.6 Å². The lowest BCUT2D eigenvalue weighted by Gasteiger charge is -2.45. The van der Waals surface area contributed by atoms with E-state index >= 15 is 8.78 Å². The molecule has 2 unspecified atom stereocenters. The van der Waals surface area contributed by atoms with Crippen LogP contribution in [0.25, 0.3) is 10.9 Å². The summed E-state index contributed by atoms with van der Waals surface area (Å²) in [5, 5.41) is 9.12. The summed E-state index contributed by atoms with van der Waals surface area (Å²) >= 11 is 0. The molecule has 156 valence electrons. The lowest BCUT2D eigenvalue weighted by Crippen LogP contribution is -2.57. The first-order valence-electron chi connectivity index (χ1n) is 10.0. The summed E-state index contributed by atoms with van der Waals surface area (Å²) in [4.78, 5) is 28.0. The summed E-state index contributed by atoms with van der Waals surface area (Å²) in [7, 11) is 0. The Labute approximate surface area is 167 Å². The summed E-state index contributed by atoms with van der Waals surface area (Å²) in [5.74, 6) is -3.01. The third-order valence-corrected chi connectivity index (χ3v) is 6.14. The lowest BCUT2D eigenvalue weighted by atomic mass is 10.0. The molecule has 1 aromatic heterocycles. The zero-order valence-corrected chi connectivity index (χ0v) is 16.8. The number of nitrogens with zero attached hydrogens (tertiary/aromatic N) is 3. The number of pyridine rings is 1. The van der Waals surface area contributed by atoms with E-state index in [1.165, 1.54) is 10.8 Å². The number of likely N-dealkylation sites (N-methyl/N-ethyl adjacent to an activating group) is 1. The molecule has 1 N–H and O–H groups in total. The fourth-order valence-electron chi connectivity index (χ4n) is 4.68. The zero-order chi connectivity index (χ0) is 21.0. The van der Waals surface area contributed by atoms with Crippen molar-refractivity contribution in [3.8, 4) is 0 Å². The van der Waals surface area contributed by atoms with E-state index in [9.17, 15) is 14.7 Å². The number of hydrogen-bond donors (Lipinski definition) is 1. The van der Waals surface area contributed by atoms with Gasteiger partial charge in [0.05, 0.1) is 10.9 Å². The molecule has 0 bridgehead atoms. The van der Waals surface area contributed by atoms with Gasteiger partial charge in [-0.3, -0.25) is 9.69 Å². The summed E-state index contributed by atoms with van der Waals surface area (Å²) in [6.45, 7) is 7.92. The van der Waals surface area contributed by atoms with Gasteiger partial charge in [0.15, 0.2) is 5.82 Å². The van der Waals surface area contributed by atoms with Crippen molar-refractivity contribution in [2.75, 3.05) is 24.5 Å². The van der Waals surface area contributed by atoms with Gasteiger partial charge in [-0.25, -0.2) is 13.6 Å². The van der Waals surface area contributed by atoms with E-state index in [0.29, 0.717) is 13.1 Å². The molecule has 2 fully saturated rings. The highest BCUT2D eigenvalue weighted by molar-refractivity contribution is 5.94. The molecule has 0 radical (unpaired) electrons. The van der Waals surface area contributed by atoms with Gasteiger partial charge in [-0.15, -0.1) is 0 Å². The van der Waals surface area contributed by atoms with Crippen molar-refractivity contribution in [1.82, 2.24) is 9.47 Å². The molecule has 1 aromatic carbocycles.